The number of carbonyl (C=O) groups is 2. The molecule has 6 nitrogen and oxygen atoms in total. The number of amides is 2. The molecule has 2 amide bonds. The predicted molar refractivity (Wildman–Crippen MR) is 102 cm³/mol. The van der Waals surface area contributed by atoms with Crippen LogP contribution in [-0.2, 0) is 9.53 Å². The number of anilines is 2. The normalized spacial score (nSPS) is 10.2. The molecule has 3 N–H and O–H groups in total. The molecule has 0 unspecified atom stereocenters. The van der Waals surface area contributed by atoms with Crippen molar-refractivity contribution in [1.82, 2.24) is 5.32 Å². The van der Waals surface area contributed by atoms with Gasteiger partial charge in [-0.2, -0.15) is 0 Å². The Morgan fingerprint density at radius 2 is 1.64 bits per heavy atom. The van der Waals surface area contributed by atoms with Gasteiger partial charge in [-0.25, -0.2) is 0 Å². The lowest BCUT2D eigenvalue weighted by atomic mass is 10.2. The van der Waals surface area contributed by atoms with Crippen molar-refractivity contribution in [1.29, 1.82) is 0 Å². The fourth-order valence-electron chi connectivity index (χ4n) is 2.03. The van der Waals surface area contributed by atoms with Gasteiger partial charge in [-0.05, 0) is 48.5 Å². The zero-order valence-corrected chi connectivity index (χ0v) is 15.4. The first-order chi connectivity index (χ1) is 12.1. The van der Waals surface area contributed by atoms with E-state index in [1.165, 1.54) is 0 Å². The first-order valence-electron chi connectivity index (χ1n) is 7.75. The average Bonchev–Trinajstić information content (AvgIpc) is 2.62. The zero-order chi connectivity index (χ0) is 18.1. The summed E-state index contributed by atoms with van der Waals surface area (Å²) in [6.45, 7) is 1.07. The fourth-order valence-corrected chi connectivity index (χ4v) is 2.29. The van der Waals surface area contributed by atoms with Crippen molar-refractivity contribution in [2.75, 3.05) is 37.4 Å². The molecule has 2 aromatic carbocycles. The second kappa shape index (κ2) is 9.80. The Labute approximate surface area is 155 Å². The Bertz CT molecular complexity index is 703. The van der Waals surface area contributed by atoms with Gasteiger partial charge >= 0.3 is 0 Å². The van der Waals surface area contributed by atoms with Crippen LogP contribution in [0, 0.1) is 0 Å². The van der Waals surface area contributed by atoms with Gasteiger partial charge in [-0.1, -0.05) is 15.9 Å². The molecule has 0 heterocycles. The van der Waals surface area contributed by atoms with E-state index in [1.807, 2.05) is 24.3 Å². The van der Waals surface area contributed by atoms with E-state index in [2.05, 4.69) is 31.9 Å². The molecule has 0 saturated carbocycles. The van der Waals surface area contributed by atoms with Crippen LogP contribution in [0.15, 0.2) is 53.0 Å². The van der Waals surface area contributed by atoms with Gasteiger partial charge in [0.05, 0.1) is 13.2 Å². The molecular weight excluding hydrogens is 386 g/mol. The quantitative estimate of drug-likeness (QED) is 0.589. The molecule has 0 spiro atoms. The van der Waals surface area contributed by atoms with Crippen molar-refractivity contribution in [3.63, 3.8) is 0 Å². The molecule has 0 saturated heterocycles. The standard InChI is InChI=1S/C18H20BrN3O3/c1-25-11-10-20-18(24)13-2-6-15(7-3-13)21-12-17(23)22-16-8-4-14(19)5-9-16/h2-9,21H,10-12H2,1H3,(H,20,24)(H,22,23). The van der Waals surface area contributed by atoms with Crippen LogP contribution in [0.4, 0.5) is 11.4 Å². The third kappa shape index (κ3) is 6.56. The molecule has 2 aromatic rings. The molecule has 0 bridgehead atoms. The number of benzene rings is 2. The van der Waals surface area contributed by atoms with E-state index in [0.717, 1.165) is 15.8 Å². The molecule has 0 atom stereocenters. The Morgan fingerprint density at radius 3 is 2.28 bits per heavy atom. The van der Waals surface area contributed by atoms with Crippen LogP contribution < -0.4 is 16.0 Å². The van der Waals surface area contributed by atoms with Crippen LogP contribution in [0.5, 0.6) is 0 Å². The highest BCUT2D eigenvalue weighted by Crippen LogP contribution is 2.14. The number of nitrogens with one attached hydrogen (secondary N) is 3. The van der Waals surface area contributed by atoms with Crippen molar-refractivity contribution < 1.29 is 14.3 Å². The van der Waals surface area contributed by atoms with E-state index in [-0.39, 0.29) is 18.4 Å². The van der Waals surface area contributed by atoms with Crippen LogP contribution in [0.25, 0.3) is 0 Å². The van der Waals surface area contributed by atoms with E-state index < -0.39 is 0 Å². The lowest BCUT2D eigenvalue weighted by Gasteiger charge is -2.09. The summed E-state index contributed by atoms with van der Waals surface area (Å²) in [7, 11) is 1.58. The van der Waals surface area contributed by atoms with E-state index in [0.29, 0.717) is 18.7 Å². The van der Waals surface area contributed by atoms with Crippen LogP contribution in [0.3, 0.4) is 0 Å². The number of halogens is 1. The summed E-state index contributed by atoms with van der Waals surface area (Å²) < 4.78 is 5.84. The number of rotatable bonds is 8. The first-order valence-corrected chi connectivity index (χ1v) is 8.54. The largest absolute Gasteiger partial charge is 0.383 e. The molecule has 0 radical (unpaired) electrons. The zero-order valence-electron chi connectivity index (χ0n) is 13.8. The number of hydrogen-bond donors (Lipinski definition) is 3. The molecule has 0 aliphatic heterocycles. The first kappa shape index (κ1) is 19.0. The summed E-state index contributed by atoms with van der Waals surface area (Å²) in [6.07, 6.45) is 0. The van der Waals surface area contributed by atoms with E-state index in [4.69, 9.17) is 4.74 Å². The van der Waals surface area contributed by atoms with Crippen molar-refractivity contribution in [2.45, 2.75) is 0 Å². The molecule has 0 aliphatic rings. The number of hydrogen-bond acceptors (Lipinski definition) is 4. The minimum absolute atomic E-state index is 0.134. The van der Waals surface area contributed by atoms with Gasteiger partial charge in [0.15, 0.2) is 0 Å². The Kier molecular flexibility index (Phi) is 7.43. The summed E-state index contributed by atoms with van der Waals surface area (Å²) in [5, 5.41) is 8.57. The third-order valence-electron chi connectivity index (χ3n) is 3.32. The van der Waals surface area contributed by atoms with Gasteiger partial charge in [-0.15, -0.1) is 0 Å². The molecule has 7 heteroatoms. The SMILES string of the molecule is COCCNC(=O)c1ccc(NCC(=O)Nc2ccc(Br)cc2)cc1. The molecule has 0 fully saturated rings. The second-order valence-electron chi connectivity index (χ2n) is 5.23. The highest BCUT2D eigenvalue weighted by molar-refractivity contribution is 9.10. The van der Waals surface area contributed by atoms with Gasteiger partial charge in [0.1, 0.15) is 0 Å². The van der Waals surface area contributed by atoms with Crippen molar-refractivity contribution >= 4 is 39.1 Å². The Hall–Kier alpha value is -2.38. The summed E-state index contributed by atoms with van der Waals surface area (Å²) in [4.78, 5) is 23.8. The van der Waals surface area contributed by atoms with E-state index >= 15 is 0 Å². The summed E-state index contributed by atoms with van der Waals surface area (Å²) in [6, 6.07) is 14.3. The molecular formula is C18H20BrN3O3. The third-order valence-corrected chi connectivity index (χ3v) is 3.85. The van der Waals surface area contributed by atoms with Gasteiger partial charge in [-0.3, -0.25) is 9.59 Å². The molecule has 132 valence electrons. The van der Waals surface area contributed by atoms with E-state index in [1.54, 1.807) is 31.4 Å². The number of methoxy groups -OCH3 is 1. The van der Waals surface area contributed by atoms with Crippen LogP contribution in [0.1, 0.15) is 10.4 Å². The predicted octanol–water partition coefficient (Wildman–Crippen LogP) is 2.88. The van der Waals surface area contributed by atoms with Crippen molar-refractivity contribution in [3.05, 3.63) is 58.6 Å². The summed E-state index contributed by atoms with van der Waals surface area (Å²) in [5.74, 6) is -0.305. The average molecular weight is 406 g/mol. The Balaban J connectivity index is 1.79. The van der Waals surface area contributed by atoms with Crippen molar-refractivity contribution in [2.24, 2.45) is 0 Å². The fraction of sp³-hybridized carbons (Fsp3) is 0.222. The number of ether oxygens (including phenoxy) is 1. The Morgan fingerprint density at radius 1 is 1.00 bits per heavy atom. The maximum Gasteiger partial charge on any atom is 0.251 e. The van der Waals surface area contributed by atoms with Crippen molar-refractivity contribution in [3.8, 4) is 0 Å². The smallest absolute Gasteiger partial charge is 0.251 e. The maximum absolute atomic E-state index is 11.9. The van der Waals surface area contributed by atoms with Gasteiger partial charge < -0.3 is 20.7 Å². The monoisotopic (exact) mass is 405 g/mol. The molecule has 0 aliphatic carbocycles. The maximum atomic E-state index is 11.9. The highest BCUT2D eigenvalue weighted by atomic mass is 79.9. The molecule has 0 aromatic heterocycles. The summed E-state index contributed by atoms with van der Waals surface area (Å²) in [5.41, 5.74) is 2.05. The lowest BCUT2D eigenvalue weighted by molar-refractivity contribution is -0.114. The topological polar surface area (TPSA) is 79.5 Å². The van der Waals surface area contributed by atoms with Gasteiger partial charge in [0, 0.05) is 35.1 Å². The van der Waals surface area contributed by atoms with Crippen LogP contribution in [-0.4, -0.2) is 38.6 Å². The molecule has 25 heavy (non-hydrogen) atoms. The van der Waals surface area contributed by atoms with Crippen LogP contribution in [0.2, 0.25) is 0 Å². The van der Waals surface area contributed by atoms with Gasteiger partial charge in [0.25, 0.3) is 5.91 Å². The minimum atomic E-state index is -0.156. The minimum Gasteiger partial charge on any atom is -0.383 e. The number of carbonyl (C=O) groups excluding carboxylic acids is 2. The van der Waals surface area contributed by atoms with E-state index in [9.17, 15) is 9.59 Å². The highest BCUT2D eigenvalue weighted by Gasteiger charge is 2.06. The second-order valence-corrected chi connectivity index (χ2v) is 6.15. The summed E-state index contributed by atoms with van der Waals surface area (Å²) >= 11 is 3.35. The lowest BCUT2D eigenvalue weighted by Crippen LogP contribution is -2.26. The van der Waals surface area contributed by atoms with Gasteiger partial charge in [0.2, 0.25) is 5.91 Å². The molecule has 2 rings (SSSR count). The van der Waals surface area contributed by atoms with Crippen LogP contribution >= 0.6 is 15.9 Å².